The van der Waals surface area contributed by atoms with E-state index in [1.807, 2.05) is 30.3 Å². The van der Waals surface area contributed by atoms with Crippen molar-refractivity contribution in [1.82, 2.24) is 10.7 Å². The smallest absolute Gasteiger partial charge is 0.282 e. The molecule has 198 valence electrons. The van der Waals surface area contributed by atoms with Crippen molar-refractivity contribution in [2.75, 3.05) is 27.9 Å². The first kappa shape index (κ1) is 27.5. The summed E-state index contributed by atoms with van der Waals surface area (Å²) in [6.07, 6.45) is 1.11. The Kier molecular flexibility index (Phi) is 9.58. The maximum Gasteiger partial charge on any atom is 0.282 e. The molecule has 0 bridgehead atoms. The van der Waals surface area contributed by atoms with Gasteiger partial charge in [0.05, 0.1) is 50.6 Å². The molecule has 0 unspecified atom stereocenters. The minimum absolute atomic E-state index is 0.0774. The number of carbonyl (C=O) groups is 2. The maximum absolute atomic E-state index is 12.4. The summed E-state index contributed by atoms with van der Waals surface area (Å²) in [6, 6.07) is 16.5. The van der Waals surface area contributed by atoms with Crippen LogP contribution < -0.4 is 29.7 Å². The monoisotopic (exact) mass is 522 g/mol. The summed E-state index contributed by atoms with van der Waals surface area (Å²) in [5.74, 6) is 0.0908. The van der Waals surface area contributed by atoms with Crippen LogP contribution in [0.1, 0.15) is 21.5 Å². The average Bonchev–Trinajstić information content (AvgIpc) is 2.94. The molecule has 0 heterocycles. The summed E-state index contributed by atoms with van der Waals surface area (Å²) in [5.41, 5.74) is 3.14. The number of nitro benzene ring substituents is 1. The van der Waals surface area contributed by atoms with E-state index in [0.717, 1.165) is 11.8 Å². The van der Waals surface area contributed by atoms with Crippen LogP contribution in [-0.4, -0.2) is 50.8 Å². The Hall–Kier alpha value is -5.13. The van der Waals surface area contributed by atoms with E-state index in [2.05, 4.69) is 15.8 Å². The van der Waals surface area contributed by atoms with Gasteiger partial charge >= 0.3 is 0 Å². The lowest BCUT2D eigenvalue weighted by atomic mass is 10.1. The quantitative estimate of drug-likeness (QED) is 0.209. The predicted octanol–water partition coefficient (Wildman–Crippen LogP) is 3.08. The van der Waals surface area contributed by atoms with Crippen LogP contribution in [0.25, 0.3) is 0 Å². The third-order valence-corrected chi connectivity index (χ3v) is 5.19. The van der Waals surface area contributed by atoms with Gasteiger partial charge in [0, 0.05) is 5.56 Å². The number of nitrogens with one attached hydrogen (secondary N) is 2. The molecule has 0 aromatic heterocycles. The van der Waals surface area contributed by atoms with E-state index in [-0.39, 0.29) is 41.5 Å². The summed E-state index contributed by atoms with van der Waals surface area (Å²) >= 11 is 0. The van der Waals surface area contributed by atoms with Gasteiger partial charge in [-0.2, -0.15) is 5.10 Å². The van der Waals surface area contributed by atoms with Crippen molar-refractivity contribution in [3.05, 3.63) is 87.5 Å². The number of rotatable bonds is 12. The minimum Gasteiger partial charge on any atom is -0.493 e. The minimum atomic E-state index is -0.646. The molecule has 0 fully saturated rings. The van der Waals surface area contributed by atoms with Gasteiger partial charge in [0.15, 0.2) is 23.0 Å². The van der Waals surface area contributed by atoms with Crippen molar-refractivity contribution >= 4 is 23.7 Å². The predicted molar refractivity (Wildman–Crippen MR) is 138 cm³/mol. The molecule has 3 rings (SSSR count). The summed E-state index contributed by atoms with van der Waals surface area (Å²) in [6.45, 7) is -0.199. The Morgan fingerprint density at radius 3 is 2.26 bits per heavy atom. The Balaban J connectivity index is 1.63. The molecule has 12 heteroatoms. The fraction of sp³-hybridized carbons (Fsp3) is 0.192. The second kappa shape index (κ2) is 13.3. The zero-order chi connectivity index (χ0) is 27.5. The normalized spacial score (nSPS) is 10.5. The SMILES string of the molecule is COc1ccc(C(=O)NCC(=O)N/N=C\c2cc(OC)c(OCc3ccccc3)cc2[N+](=O)[O-])cc1OC. The lowest BCUT2D eigenvalue weighted by Crippen LogP contribution is -2.34. The van der Waals surface area contributed by atoms with Gasteiger partial charge < -0.3 is 24.3 Å². The molecule has 2 amide bonds. The van der Waals surface area contributed by atoms with Gasteiger partial charge in [0.1, 0.15) is 6.61 Å². The van der Waals surface area contributed by atoms with E-state index >= 15 is 0 Å². The lowest BCUT2D eigenvalue weighted by Gasteiger charge is -2.12. The van der Waals surface area contributed by atoms with Gasteiger partial charge in [0.2, 0.25) is 0 Å². The molecule has 3 aromatic carbocycles. The fourth-order valence-electron chi connectivity index (χ4n) is 3.29. The molecule has 12 nitrogen and oxygen atoms in total. The van der Waals surface area contributed by atoms with Crippen LogP contribution in [0.15, 0.2) is 65.8 Å². The summed E-state index contributed by atoms with van der Waals surface area (Å²) < 4.78 is 21.3. The molecule has 0 saturated carbocycles. The van der Waals surface area contributed by atoms with Crippen molar-refractivity contribution in [2.24, 2.45) is 5.10 Å². The molecule has 0 radical (unpaired) electrons. The van der Waals surface area contributed by atoms with Crippen LogP contribution in [0, 0.1) is 10.1 Å². The molecule has 38 heavy (non-hydrogen) atoms. The van der Waals surface area contributed by atoms with Crippen molar-refractivity contribution in [3.63, 3.8) is 0 Å². The van der Waals surface area contributed by atoms with Crippen LogP contribution >= 0.6 is 0 Å². The van der Waals surface area contributed by atoms with Gasteiger partial charge in [-0.1, -0.05) is 30.3 Å². The number of ether oxygens (including phenoxy) is 4. The first-order valence-electron chi connectivity index (χ1n) is 11.2. The van der Waals surface area contributed by atoms with E-state index in [1.54, 1.807) is 6.07 Å². The van der Waals surface area contributed by atoms with Gasteiger partial charge in [-0.15, -0.1) is 0 Å². The van der Waals surface area contributed by atoms with Crippen LogP contribution in [0.5, 0.6) is 23.0 Å². The Bertz CT molecular complexity index is 1330. The van der Waals surface area contributed by atoms with E-state index < -0.39 is 16.7 Å². The van der Waals surface area contributed by atoms with Crippen molar-refractivity contribution < 1.29 is 33.5 Å². The second-order valence-corrected chi connectivity index (χ2v) is 7.64. The third kappa shape index (κ3) is 7.20. The topological polar surface area (TPSA) is 151 Å². The number of hydrogen-bond acceptors (Lipinski definition) is 9. The van der Waals surface area contributed by atoms with Gasteiger partial charge in [-0.3, -0.25) is 19.7 Å². The van der Waals surface area contributed by atoms with Crippen molar-refractivity contribution in [3.8, 4) is 23.0 Å². The molecule has 3 aromatic rings. The number of methoxy groups -OCH3 is 3. The standard InChI is InChI=1S/C26H26N4O8/c1-35-21-10-9-18(11-22(21)36-2)26(32)27-15-25(31)29-28-14-19-12-23(37-3)24(13-20(19)30(33)34)38-16-17-7-5-4-6-8-17/h4-14H,15-16H2,1-3H3,(H,27,32)(H,29,31)/b28-14-. The molecule has 0 saturated heterocycles. The van der Waals surface area contributed by atoms with Crippen LogP contribution in [0.3, 0.4) is 0 Å². The van der Waals surface area contributed by atoms with Crippen molar-refractivity contribution in [2.45, 2.75) is 6.61 Å². The highest BCUT2D eigenvalue weighted by Gasteiger charge is 2.19. The highest BCUT2D eigenvalue weighted by atomic mass is 16.6. The highest BCUT2D eigenvalue weighted by Crippen LogP contribution is 2.34. The van der Waals surface area contributed by atoms with Crippen LogP contribution in [-0.2, 0) is 11.4 Å². The Morgan fingerprint density at radius 2 is 1.61 bits per heavy atom. The molecule has 0 aliphatic heterocycles. The van der Waals surface area contributed by atoms with Gasteiger partial charge in [0.25, 0.3) is 17.5 Å². The molecule has 2 N–H and O–H groups in total. The van der Waals surface area contributed by atoms with Crippen LogP contribution in [0.4, 0.5) is 5.69 Å². The number of carbonyl (C=O) groups excluding carboxylic acids is 2. The Labute approximate surface area is 218 Å². The van der Waals surface area contributed by atoms with E-state index in [9.17, 15) is 19.7 Å². The number of nitrogens with zero attached hydrogens (tertiary/aromatic N) is 2. The average molecular weight is 523 g/mol. The van der Waals surface area contributed by atoms with Crippen LogP contribution in [0.2, 0.25) is 0 Å². The summed E-state index contributed by atoms with van der Waals surface area (Å²) in [4.78, 5) is 35.5. The Morgan fingerprint density at radius 1 is 0.921 bits per heavy atom. The van der Waals surface area contributed by atoms with Gasteiger partial charge in [-0.05, 0) is 29.8 Å². The van der Waals surface area contributed by atoms with Gasteiger partial charge in [-0.25, -0.2) is 5.43 Å². The number of nitro groups is 1. The molecule has 0 aliphatic rings. The highest BCUT2D eigenvalue weighted by molar-refractivity contribution is 5.97. The van der Waals surface area contributed by atoms with Crippen molar-refractivity contribution in [1.29, 1.82) is 0 Å². The number of amides is 2. The molecular formula is C26H26N4O8. The first-order chi connectivity index (χ1) is 18.4. The zero-order valence-electron chi connectivity index (χ0n) is 20.9. The summed E-state index contributed by atoms with van der Waals surface area (Å²) in [5, 5.41) is 17.9. The molecule has 0 spiro atoms. The third-order valence-electron chi connectivity index (χ3n) is 5.19. The number of hydrazone groups is 1. The van der Waals surface area contributed by atoms with E-state index in [4.69, 9.17) is 18.9 Å². The lowest BCUT2D eigenvalue weighted by molar-refractivity contribution is -0.385. The molecular weight excluding hydrogens is 496 g/mol. The second-order valence-electron chi connectivity index (χ2n) is 7.64. The number of benzene rings is 3. The fourth-order valence-corrected chi connectivity index (χ4v) is 3.29. The largest absolute Gasteiger partial charge is 0.493 e. The zero-order valence-corrected chi connectivity index (χ0v) is 20.9. The van der Waals surface area contributed by atoms with E-state index in [1.165, 1.54) is 45.6 Å². The summed E-state index contributed by atoms with van der Waals surface area (Å²) in [7, 11) is 4.32. The maximum atomic E-state index is 12.4. The molecule has 0 aliphatic carbocycles. The molecule has 0 atom stereocenters. The van der Waals surface area contributed by atoms with E-state index in [0.29, 0.717) is 11.5 Å². The first-order valence-corrected chi connectivity index (χ1v) is 11.2. The number of hydrogen-bond donors (Lipinski definition) is 2.